The van der Waals surface area contributed by atoms with Gasteiger partial charge in [0.05, 0.1) is 11.3 Å². The van der Waals surface area contributed by atoms with Crippen molar-refractivity contribution >= 4 is 46.4 Å². The van der Waals surface area contributed by atoms with E-state index in [-0.39, 0.29) is 24.9 Å². The molecule has 0 unspecified atom stereocenters. The normalized spacial score (nSPS) is 17.0. The molecule has 0 saturated carbocycles. The van der Waals surface area contributed by atoms with Crippen molar-refractivity contribution in [2.24, 2.45) is 4.99 Å². The standard InChI is InChI=1S/C27H28N6O4/c1-31-11-13-32(14-12-31)20-7-5-19(6-8-20)28-16-23-22-15-18(4-9-21(22)25(35)30-26(23)36)3-2-10-33-17-24(34)29-27(33)37/h2-9,15-16H,10-14,17H2,1H3,(H,29,34,37)(H2,30,35,36)/b3-2+,28-16?. The van der Waals surface area contributed by atoms with Gasteiger partial charge in [-0.2, -0.15) is 0 Å². The van der Waals surface area contributed by atoms with Crippen LogP contribution in [0.5, 0.6) is 5.88 Å². The highest BCUT2D eigenvalue weighted by Gasteiger charge is 2.25. The summed E-state index contributed by atoms with van der Waals surface area (Å²) in [5.41, 5.74) is 2.65. The third kappa shape index (κ3) is 5.39. The number of amides is 3. The summed E-state index contributed by atoms with van der Waals surface area (Å²) in [6, 6.07) is 12.8. The van der Waals surface area contributed by atoms with E-state index in [4.69, 9.17) is 0 Å². The van der Waals surface area contributed by atoms with Crippen LogP contribution in [0.15, 0.2) is 58.3 Å². The van der Waals surface area contributed by atoms with Crippen molar-refractivity contribution < 1.29 is 14.7 Å². The molecule has 5 rings (SSSR count). The van der Waals surface area contributed by atoms with E-state index in [9.17, 15) is 19.5 Å². The Labute approximate surface area is 213 Å². The molecule has 10 nitrogen and oxygen atoms in total. The molecule has 190 valence electrons. The highest BCUT2D eigenvalue weighted by molar-refractivity contribution is 6.03. The Bertz CT molecular complexity index is 1450. The minimum atomic E-state index is -0.417. The summed E-state index contributed by atoms with van der Waals surface area (Å²) >= 11 is 0. The van der Waals surface area contributed by atoms with Crippen LogP contribution in [-0.2, 0) is 4.79 Å². The van der Waals surface area contributed by atoms with Gasteiger partial charge < -0.3 is 19.8 Å². The number of urea groups is 1. The fourth-order valence-corrected chi connectivity index (χ4v) is 4.49. The van der Waals surface area contributed by atoms with Crippen LogP contribution in [0.3, 0.4) is 0 Å². The zero-order valence-electron chi connectivity index (χ0n) is 20.5. The molecule has 3 heterocycles. The largest absolute Gasteiger partial charge is 0.494 e. The average Bonchev–Trinajstić information content (AvgIpc) is 3.21. The number of hydrogen-bond donors (Lipinski definition) is 3. The maximum Gasteiger partial charge on any atom is 0.324 e. The molecule has 2 aliphatic heterocycles. The monoisotopic (exact) mass is 500 g/mol. The first kappa shape index (κ1) is 24.3. The highest BCUT2D eigenvalue weighted by atomic mass is 16.3. The molecule has 3 N–H and O–H groups in total. The smallest absolute Gasteiger partial charge is 0.324 e. The number of piperazine rings is 1. The Morgan fingerprint density at radius 3 is 2.46 bits per heavy atom. The summed E-state index contributed by atoms with van der Waals surface area (Å²) in [6.45, 7) is 4.33. The molecule has 2 fully saturated rings. The highest BCUT2D eigenvalue weighted by Crippen LogP contribution is 2.25. The number of carbonyl (C=O) groups is 2. The van der Waals surface area contributed by atoms with Crippen LogP contribution in [0.1, 0.15) is 11.1 Å². The molecule has 2 aliphatic rings. The molecule has 37 heavy (non-hydrogen) atoms. The molecule has 3 amide bonds. The van der Waals surface area contributed by atoms with E-state index in [0.29, 0.717) is 16.3 Å². The number of aromatic nitrogens is 1. The number of H-pyrrole nitrogens is 1. The summed E-state index contributed by atoms with van der Waals surface area (Å²) in [6.07, 6.45) is 5.11. The number of aromatic hydroxyl groups is 1. The number of carbonyl (C=O) groups excluding carboxylic acids is 2. The number of benzene rings is 2. The van der Waals surface area contributed by atoms with Gasteiger partial charge in [-0.05, 0) is 49.0 Å². The second kappa shape index (κ2) is 10.3. The second-order valence-electron chi connectivity index (χ2n) is 9.22. The van der Waals surface area contributed by atoms with E-state index in [1.807, 2.05) is 24.3 Å². The molecule has 3 aromatic rings. The molecule has 1 aromatic heterocycles. The van der Waals surface area contributed by atoms with E-state index in [1.165, 1.54) is 4.90 Å². The third-order valence-corrected chi connectivity index (χ3v) is 6.63. The summed E-state index contributed by atoms with van der Waals surface area (Å²) in [5, 5.41) is 13.7. The lowest BCUT2D eigenvalue weighted by Crippen LogP contribution is -2.44. The van der Waals surface area contributed by atoms with Gasteiger partial charge in [0, 0.05) is 55.4 Å². The third-order valence-electron chi connectivity index (χ3n) is 6.63. The van der Waals surface area contributed by atoms with Gasteiger partial charge in [-0.1, -0.05) is 18.2 Å². The number of aliphatic imine (C=N–C) groups is 1. The van der Waals surface area contributed by atoms with Crippen molar-refractivity contribution in [3.8, 4) is 5.88 Å². The van der Waals surface area contributed by atoms with E-state index in [1.54, 1.807) is 36.6 Å². The lowest BCUT2D eigenvalue weighted by molar-refractivity contribution is -0.118. The first-order valence-electron chi connectivity index (χ1n) is 12.1. The molecular formula is C27H28N6O4. The Hall–Kier alpha value is -4.44. The molecule has 2 aromatic carbocycles. The predicted molar refractivity (Wildman–Crippen MR) is 144 cm³/mol. The van der Waals surface area contributed by atoms with Crippen molar-refractivity contribution in [1.29, 1.82) is 0 Å². The van der Waals surface area contributed by atoms with Crippen molar-refractivity contribution in [3.05, 3.63) is 70.0 Å². The minimum absolute atomic E-state index is 0.0289. The lowest BCUT2D eigenvalue weighted by Gasteiger charge is -2.34. The number of hydrogen-bond acceptors (Lipinski definition) is 7. The topological polar surface area (TPSA) is 121 Å². The Morgan fingerprint density at radius 2 is 1.76 bits per heavy atom. The Morgan fingerprint density at radius 1 is 1.00 bits per heavy atom. The molecule has 0 bridgehead atoms. The van der Waals surface area contributed by atoms with Crippen LogP contribution in [0.4, 0.5) is 16.2 Å². The van der Waals surface area contributed by atoms with Crippen LogP contribution in [0.25, 0.3) is 16.8 Å². The summed E-state index contributed by atoms with van der Waals surface area (Å²) in [5.74, 6) is -0.583. The number of likely N-dealkylation sites (N-methyl/N-ethyl adjacent to an activating group) is 1. The Balaban J connectivity index is 1.37. The first-order chi connectivity index (χ1) is 17.9. The van der Waals surface area contributed by atoms with Gasteiger partial charge in [0.2, 0.25) is 11.8 Å². The molecule has 0 radical (unpaired) electrons. The first-order valence-corrected chi connectivity index (χ1v) is 12.1. The Kier molecular flexibility index (Phi) is 6.74. The molecule has 0 spiro atoms. The molecule has 0 aliphatic carbocycles. The van der Waals surface area contributed by atoms with Gasteiger partial charge in [0.25, 0.3) is 5.56 Å². The number of nitrogens with zero attached hydrogens (tertiary/aromatic N) is 4. The molecular weight excluding hydrogens is 472 g/mol. The van der Waals surface area contributed by atoms with E-state index in [0.717, 1.165) is 43.1 Å². The van der Waals surface area contributed by atoms with Crippen LogP contribution >= 0.6 is 0 Å². The van der Waals surface area contributed by atoms with Gasteiger partial charge >= 0.3 is 6.03 Å². The van der Waals surface area contributed by atoms with Crippen LogP contribution in [0, 0.1) is 0 Å². The van der Waals surface area contributed by atoms with Crippen molar-refractivity contribution in [2.75, 3.05) is 51.2 Å². The zero-order chi connectivity index (χ0) is 25.9. The van der Waals surface area contributed by atoms with Crippen LogP contribution < -0.4 is 15.8 Å². The molecule has 2 saturated heterocycles. The summed E-state index contributed by atoms with van der Waals surface area (Å²) < 4.78 is 0. The fraction of sp³-hybridized carbons (Fsp3) is 0.259. The van der Waals surface area contributed by atoms with Crippen LogP contribution in [0.2, 0.25) is 0 Å². The lowest BCUT2D eigenvalue weighted by atomic mass is 10.0. The fourth-order valence-electron chi connectivity index (χ4n) is 4.49. The maximum absolute atomic E-state index is 12.4. The number of aromatic amines is 1. The maximum atomic E-state index is 12.4. The minimum Gasteiger partial charge on any atom is -0.494 e. The number of nitrogens with one attached hydrogen (secondary N) is 2. The average molecular weight is 501 g/mol. The zero-order valence-corrected chi connectivity index (χ0v) is 20.5. The number of rotatable bonds is 6. The number of pyridine rings is 1. The SMILES string of the molecule is CN1CCN(c2ccc(N=Cc3c(O)[nH]c(=O)c4ccc(/C=C/CN5CC(=O)NC5=O)cc34)cc2)CC1. The molecule has 10 heteroatoms. The van der Waals surface area contributed by atoms with E-state index >= 15 is 0 Å². The van der Waals surface area contributed by atoms with Crippen molar-refractivity contribution in [1.82, 2.24) is 20.1 Å². The van der Waals surface area contributed by atoms with E-state index in [2.05, 4.69) is 32.1 Å². The van der Waals surface area contributed by atoms with Gasteiger partial charge in [-0.25, -0.2) is 4.79 Å². The van der Waals surface area contributed by atoms with Crippen molar-refractivity contribution in [3.63, 3.8) is 0 Å². The van der Waals surface area contributed by atoms with Gasteiger partial charge in [0.1, 0.15) is 6.54 Å². The quantitative estimate of drug-likeness (QED) is 0.353. The number of imide groups is 1. The van der Waals surface area contributed by atoms with E-state index < -0.39 is 11.6 Å². The number of anilines is 1. The van der Waals surface area contributed by atoms with Gasteiger partial charge in [-0.15, -0.1) is 0 Å². The number of fused-ring (bicyclic) bond motifs is 1. The molecule has 0 atom stereocenters. The predicted octanol–water partition coefficient (Wildman–Crippen LogP) is 2.30. The van der Waals surface area contributed by atoms with Gasteiger partial charge in [0.15, 0.2) is 0 Å². The second-order valence-corrected chi connectivity index (χ2v) is 9.22. The van der Waals surface area contributed by atoms with Crippen molar-refractivity contribution in [2.45, 2.75) is 0 Å². The van der Waals surface area contributed by atoms with Gasteiger partial charge in [-0.3, -0.25) is 24.9 Å². The van der Waals surface area contributed by atoms with Crippen LogP contribution in [-0.4, -0.2) is 84.4 Å². The summed E-state index contributed by atoms with van der Waals surface area (Å²) in [4.78, 5) is 48.5. The summed E-state index contributed by atoms with van der Waals surface area (Å²) in [7, 11) is 2.13.